The Bertz CT molecular complexity index is 1420. The minimum absolute atomic E-state index is 0. The van der Waals surface area contributed by atoms with E-state index in [0.29, 0.717) is 6.61 Å². The summed E-state index contributed by atoms with van der Waals surface area (Å²) in [6.45, 7) is 9.91. The fraction of sp³-hybridized carbons (Fsp3) is 0.439. The van der Waals surface area contributed by atoms with Gasteiger partial charge in [-0.1, -0.05) is 54.6 Å². The molecule has 45 heavy (non-hydrogen) atoms. The first-order valence-electron chi connectivity index (χ1n) is 17.1. The van der Waals surface area contributed by atoms with Crippen LogP contribution in [0.5, 0.6) is 0 Å². The zero-order valence-electron chi connectivity index (χ0n) is 27.7. The average Bonchev–Trinajstić information content (AvgIpc) is 3.76. The second kappa shape index (κ2) is 15.9. The molecular weight excluding hydrogens is 746 g/mol. The van der Waals surface area contributed by atoms with Crippen LogP contribution in [0.25, 0.3) is 0 Å². The molecule has 1 fully saturated rings. The molecule has 3 aromatic carbocycles. The Labute approximate surface area is 288 Å². The monoisotopic (exact) mass is 797 g/mol. The van der Waals surface area contributed by atoms with Crippen molar-refractivity contribution in [2.75, 3.05) is 19.9 Å². The van der Waals surface area contributed by atoms with Crippen LogP contribution in [-0.4, -0.2) is 31.9 Å². The molecule has 0 aromatic heterocycles. The second-order valence-electron chi connectivity index (χ2n) is 13.5. The molecule has 1 heterocycles. The van der Waals surface area contributed by atoms with Crippen LogP contribution in [0.4, 0.5) is 0 Å². The second-order valence-corrected chi connectivity index (χ2v) is 16.0. The number of hydrogen-bond acceptors (Lipinski definition) is 2. The summed E-state index contributed by atoms with van der Waals surface area (Å²) in [5.41, 5.74) is 8.98. The van der Waals surface area contributed by atoms with E-state index in [1.54, 1.807) is 16.4 Å². The number of ether oxygens (including phenoxy) is 1. The van der Waals surface area contributed by atoms with E-state index in [-0.39, 0.29) is 31.6 Å². The van der Waals surface area contributed by atoms with Crippen LogP contribution in [0.2, 0.25) is 0 Å². The maximum absolute atomic E-state index is 6.27. The van der Waals surface area contributed by atoms with Crippen LogP contribution in [0.1, 0.15) is 85.8 Å². The first-order chi connectivity index (χ1) is 21.5. The van der Waals surface area contributed by atoms with Crippen molar-refractivity contribution in [2.24, 2.45) is 16.8 Å². The van der Waals surface area contributed by atoms with Crippen molar-refractivity contribution in [1.29, 1.82) is 0 Å². The van der Waals surface area contributed by atoms with Crippen LogP contribution >= 0.6 is 7.92 Å². The summed E-state index contributed by atoms with van der Waals surface area (Å²) in [6.07, 6.45) is 20.5. The SMILES string of the molecule is C[CH-]C1[CH-]CC[CH-]C([CH-]C)CC1.C[PH+](C)c1cccc2c1[C@@]1(CCc3cccc(C4=N[C@@H](Cc5ccccc5)CO4)c31)CC2.[Ir]. The fourth-order valence-corrected chi connectivity index (χ4v) is 9.52. The van der Waals surface area contributed by atoms with Gasteiger partial charge in [0.25, 0.3) is 0 Å². The molecule has 0 amide bonds. The summed E-state index contributed by atoms with van der Waals surface area (Å²) in [5.74, 6) is 2.40. The molecule has 4 aliphatic rings. The summed E-state index contributed by atoms with van der Waals surface area (Å²) in [6, 6.07) is 24.7. The number of hydrogen-bond donors (Lipinski definition) is 0. The smallest absolute Gasteiger partial charge is 0.216 e. The number of aliphatic imine (C=N–C) groups is 1. The van der Waals surface area contributed by atoms with Gasteiger partial charge in [-0.15, -0.1) is 12.8 Å². The van der Waals surface area contributed by atoms with Gasteiger partial charge in [0.05, 0.1) is 24.7 Å². The molecule has 2 nitrogen and oxygen atoms in total. The van der Waals surface area contributed by atoms with Crippen molar-refractivity contribution in [1.82, 2.24) is 0 Å². The van der Waals surface area contributed by atoms with Gasteiger partial charge >= 0.3 is 0 Å². The number of aryl methyl sites for hydroxylation is 2. The van der Waals surface area contributed by atoms with Gasteiger partial charge in [-0.25, -0.2) is 17.8 Å². The summed E-state index contributed by atoms with van der Waals surface area (Å²) < 4.78 is 6.27. The van der Waals surface area contributed by atoms with E-state index < -0.39 is 7.92 Å². The molecule has 1 radical (unpaired) electrons. The molecule has 0 N–H and O–H groups in total. The number of fused-ring (bicyclic) bond motifs is 4. The number of benzene rings is 3. The Hall–Kier alpha value is -1.79. The van der Waals surface area contributed by atoms with Crippen LogP contribution < -0.4 is 5.30 Å². The van der Waals surface area contributed by atoms with Gasteiger partial charge in [0.2, 0.25) is 5.90 Å². The van der Waals surface area contributed by atoms with Crippen molar-refractivity contribution in [3.05, 3.63) is 126 Å². The van der Waals surface area contributed by atoms with Crippen molar-refractivity contribution >= 4 is 19.1 Å². The first-order valence-corrected chi connectivity index (χ1v) is 19.6. The van der Waals surface area contributed by atoms with Crippen molar-refractivity contribution in [3.8, 4) is 0 Å². The number of nitrogens with zero attached hydrogens (tertiary/aromatic N) is 1. The molecular formula is C41H51IrNOP-3. The van der Waals surface area contributed by atoms with Crippen LogP contribution in [0.15, 0.2) is 71.7 Å². The van der Waals surface area contributed by atoms with E-state index in [9.17, 15) is 0 Å². The Kier molecular flexibility index (Phi) is 12.2. The van der Waals surface area contributed by atoms with Crippen molar-refractivity contribution in [2.45, 2.75) is 83.1 Å². The minimum atomic E-state index is -0.536. The largest absolute Gasteiger partial charge is 0.475 e. The molecule has 7 rings (SSSR count). The molecule has 2 unspecified atom stereocenters. The topological polar surface area (TPSA) is 21.6 Å². The fourth-order valence-electron chi connectivity index (χ4n) is 8.19. The Morgan fingerprint density at radius 3 is 2.07 bits per heavy atom. The Balaban J connectivity index is 0.000000262. The molecule has 3 aromatic rings. The molecule has 0 saturated heterocycles. The first kappa shape index (κ1) is 34.5. The van der Waals surface area contributed by atoms with Gasteiger partial charge in [0.1, 0.15) is 6.61 Å². The van der Waals surface area contributed by atoms with Gasteiger partial charge in [-0.3, -0.25) is 11.8 Å². The molecule has 3 aliphatic carbocycles. The van der Waals surface area contributed by atoms with E-state index in [2.05, 4.69) is 120 Å². The molecule has 1 aliphatic heterocycles. The van der Waals surface area contributed by atoms with Crippen molar-refractivity contribution in [3.63, 3.8) is 0 Å². The van der Waals surface area contributed by atoms with Crippen molar-refractivity contribution < 1.29 is 24.8 Å². The van der Waals surface area contributed by atoms with E-state index >= 15 is 0 Å². The molecule has 4 atom stereocenters. The van der Waals surface area contributed by atoms with E-state index in [4.69, 9.17) is 9.73 Å². The average molecular weight is 797 g/mol. The summed E-state index contributed by atoms with van der Waals surface area (Å²) in [5, 5.41) is 1.63. The maximum atomic E-state index is 6.27. The number of rotatable bonds is 6. The normalized spacial score (nSPS) is 25.3. The Morgan fingerprint density at radius 1 is 0.822 bits per heavy atom. The summed E-state index contributed by atoms with van der Waals surface area (Å²) in [7, 11) is -0.536. The third-order valence-electron chi connectivity index (χ3n) is 10.5. The zero-order valence-corrected chi connectivity index (χ0v) is 31.0. The standard InChI is InChI=1S/C29H30NOP.C12H20.Ir/c1-32(2)25-13-7-11-22-15-17-29(27(22)25)16-14-21-10-6-12-24(26(21)29)28-30-23(19-31-28)18-20-8-4-3-5-9-20;1-3-11-7-5-6-8-12(4-2)10-9-11;/h3-13,23H,14-19H2,1-2H3;3-4,7-8,11-12H,5-6,9-10H2,1-2H3;/q;-4;/p+1/t23-,29-;;/m0../s1. The predicted molar refractivity (Wildman–Crippen MR) is 191 cm³/mol. The molecule has 1 saturated carbocycles. The Morgan fingerprint density at radius 2 is 1.44 bits per heavy atom. The van der Waals surface area contributed by atoms with Gasteiger partial charge < -0.3 is 30.4 Å². The van der Waals surface area contributed by atoms with Crippen LogP contribution in [0, 0.1) is 37.5 Å². The minimum Gasteiger partial charge on any atom is -0.475 e. The van der Waals surface area contributed by atoms with Gasteiger partial charge in [-0.2, -0.15) is 13.8 Å². The molecule has 0 bridgehead atoms. The predicted octanol–water partition coefficient (Wildman–Crippen LogP) is 9.00. The van der Waals surface area contributed by atoms with Crippen LogP contribution in [-0.2, 0) is 49.5 Å². The summed E-state index contributed by atoms with van der Waals surface area (Å²) >= 11 is 0. The van der Waals surface area contributed by atoms with Gasteiger partial charge in [-0.05, 0) is 66.5 Å². The van der Waals surface area contributed by atoms with Gasteiger partial charge in [0.15, 0.2) is 0 Å². The quantitative estimate of drug-likeness (QED) is 0.180. The third kappa shape index (κ3) is 7.53. The van der Waals surface area contributed by atoms with E-state index in [1.807, 2.05) is 0 Å². The molecule has 4 heteroatoms. The zero-order chi connectivity index (χ0) is 30.5. The summed E-state index contributed by atoms with van der Waals surface area (Å²) in [4.78, 5) is 5.10. The van der Waals surface area contributed by atoms with Gasteiger partial charge in [0, 0.05) is 44.6 Å². The van der Waals surface area contributed by atoms with E-state index in [1.165, 1.54) is 67.2 Å². The molecule has 243 valence electrons. The maximum Gasteiger partial charge on any atom is 0.216 e. The van der Waals surface area contributed by atoms with Crippen LogP contribution in [0.3, 0.4) is 0 Å². The van der Waals surface area contributed by atoms with E-state index in [0.717, 1.165) is 30.6 Å². The third-order valence-corrected chi connectivity index (χ3v) is 12.0. The molecule has 1 spiro atoms.